The highest BCUT2D eigenvalue weighted by Gasteiger charge is 2.26. The number of piperazine rings is 1. The van der Waals surface area contributed by atoms with Crippen molar-refractivity contribution in [2.24, 2.45) is 0 Å². The number of hydrogen-bond acceptors (Lipinski definition) is 12. The number of alkyl halides is 3. The molecule has 6 rings (SSSR count). The van der Waals surface area contributed by atoms with Crippen LogP contribution in [0.2, 0.25) is 0 Å². The maximum absolute atomic E-state index is 12.5. The van der Waals surface area contributed by atoms with Crippen molar-refractivity contribution in [3.05, 3.63) is 77.2 Å². The second-order valence-electron chi connectivity index (χ2n) is 13.5. The molecule has 1 aliphatic heterocycles. The summed E-state index contributed by atoms with van der Waals surface area (Å²) in [6.07, 6.45) is -1.02. The van der Waals surface area contributed by atoms with Gasteiger partial charge >= 0.3 is 6.18 Å². The zero-order valence-electron chi connectivity index (χ0n) is 32.0. The Balaban J connectivity index is 0.794. The number of thiazole rings is 1. The zero-order valence-corrected chi connectivity index (χ0v) is 32.8. The van der Waals surface area contributed by atoms with Gasteiger partial charge in [-0.25, -0.2) is 9.97 Å². The van der Waals surface area contributed by atoms with E-state index in [1.165, 1.54) is 5.56 Å². The zero-order chi connectivity index (χ0) is 39.9. The van der Waals surface area contributed by atoms with E-state index in [0.717, 1.165) is 77.5 Å². The van der Waals surface area contributed by atoms with E-state index < -0.39 is 12.6 Å². The number of rotatable bonds is 23. The highest BCUT2D eigenvalue weighted by Crippen LogP contribution is 2.32. The summed E-state index contributed by atoms with van der Waals surface area (Å²) in [4.78, 5) is 32.8. The van der Waals surface area contributed by atoms with Gasteiger partial charge in [0.25, 0.3) is 0 Å². The lowest BCUT2D eigenvalue weighted by Gasteiger charge is -2.34. The number of aromatic amines is 1. The van der Waals surface area contributed by atoms with Gasteiger partial charge in [-0.05, 0) is 29.7 Å². The second-order valence-corrected chi connectivity index (χ2v) is 14.4. The average molecular weight is 811 g/mol. The van der Waals surface area contributed by atoms with Crippen LogP contribution < -0.4 is 15.4 Å². The first kappa shape index (κ1) is 42.0. The number of anilines is 1. The van der Waals surface area contributed by atoms with E-state index in [0.29, 0.717) is 70.6 Å². The Labute approximate surface area is 333 Å². The van der Waals surface area contributed by atoms with Gasteiger partial charge in [0, 0.05) is 81.3 Å². The Hall–Kier alpha value is -4.65. The third kappa shape index (κ3) is 12.9. The monoisotopic (exact) mass is 810 g/mol. The molecule has 2 aromatic carbocycles. The third-order valence-electron chi connectivity index (χ3n) is 9.49. The number of nitrogens with zero attached hydrogens (tertiary/aromatic N) is 5. The van der Waals surface area contributed by atoms with Crippen molar-refractivity contribution in [3.8, 4) is 27.3 Å². The number of ether oxygens (including phenoxy) is 4. The molecule has 17 heteroatoms. The van der Waals surface area contributed by atoms with Crippen LogP contribution in [0.5, 0.6) is 5.75 Å². The summed E-state index contributed by atoms with van der Waals surface area (Å²) < 4.78 is 60.6. The molecule has 57 heavy (non-hydrogen) atoms. The Morgan fingerprint density at radius 2 is 1.60 bits per heavy atom. The molecule has 13 nitrogen and oxygen atoms in total. The maximum Gasteiger partial charge on any atom is 0.390 e. The Morgan fingerprint density at radius 3 is 2.30 bits per heavy atom. The van der Waals surface area contributed by atoms with Gasteiger partial charge in [-0.3, -0.25) is 14.6 Å². The summed E-state index contributed by atoms with van der Waals surface area (Å²) in [5, 5.41) is 6.15. The van der Waals surface area contributed by atoms with Gasteiger partial charge in [0.1, 0.15) is 18.0 Å². The van der Waals surface area contributed by atoms with Crippen molar-refractivity contribution in [3.63, 3.8) is 0 Å². The predicted molar refractivity (Wildman–Crippen MR) is 213 cm³/mol. The molecule has 306 valence electrons. The van der Waals surface area contributed by atoms with Crippen LogP contribution in [-0.2, 0) is 32.1 Å². The van der Waals surface area contributed by atoms with Gasteiger partial charge in [-0.15, -0.1) is 11.3 Å². The van der Waals surface area contributed by atoms with Gasteiger partial charge in [0.2, 0.25) is 12.4 Å². The SMILES string of the molecule is Cc1ncsc1-c1ccc(CNC=O)c(OCCOCCOCCOCCN2CCN(Cc3ccc(-c4c[nH]c5nc(NCCC(F)(F)F)ncc45)cc3)CC2)c1. The number of aryl methyl sites for hydroxylation is 1. The number of nitrogens with one attached hydrogen (secondary N) is 3. The van der Waals surface area contributed by atoms with E-state index >= 15 is 0 Å². The van der Waals surface area contributed by atoms with Crippen molar-refractivity contribution >= 4 is 34.7 Å². The highest BCUT2D eigenvalue weighted by atomic mass is 32.1. The quantitative estimate of drug-likeness (QED) is 0.0536. The molecule has 5 aromatic rings. The standard InChI is InChI=1S/C40H49F3N8O5S/c1-29-37(57-28-48-29)32-6-7-33(23-44-27-52)36(22-32)56-21-20-55-19-18-54-17-16-53-15-14-50-10-12-51(13-11-50)26-30-2-4-31(5-3-30)34-24-46-38-35(34)25-47-39(49-38)45-9-8-40(41,42)43/h2-7,22,24-25,27-28H,8-21,23,26H2,1H3,(H,44,52)(H2,45,46,47,49). The molecule has 0 bridgehead atoms. The van der Waals surface area contributed by atoms with E-state index in [-0.39, 0.29) is 12.5 Å². The van der Waals surface area contributed by atoms with Crippen LogP contribution in [0.15, 0.2) is 60.4 Å². The fraction of sp³-hybridized carbons (Fsp3) is 0.450. The molecule has 3 N–H and O–H groups in total. The van der Waals surface area contributed by atoms with Crippen LogP contribution in [0.1, 0.15) is 23.2 Å². The van der Waals surface area contributed by atoms with Crippen LogP contribution in [-0.4, -0.2) is 128 Å². The Kier molecular flexibility index (Phi) is 15.6. The molecular formula is C40H49F3N8O5S. The fourth-order valence-electron chi connectivity index (χ4n) is 6.42. The lowest BCUT2D eigenvalue weighted by atomic mass is 10.0. The predicted octanol–water partition coefficient (Wildman–Crippen LogP) is 5.91. The molecule has 0 spiro atoms. The van der Waals surface area contributed by atoms with Crippen LogP contribution >= 0.6 is 11.3 Å². The summed E-state index contributed by atoms with van der Waals surface area (Å²) in [6, 6.07) is 14.4. The van der Waals surface area contributed by atoms with E-state index in [2.05, 4.69) is 64.6 Å². The van der Waals surface area contributed by atoms with Gasteiger partial charge in [0.15, 0.2) is 0 Å². The van der Waals surface area contributed by atoms with Crippen LogP contribution in [0.25, 0.3) is 32.6 Å². The largest absolute Gasteiger partial charge is 0.491 e. The molecule has 0 saturated carbocycles. The number of benzene rings is 2. The first-order valence-corrected chi connectivity index (χ1v) is 19.9. The summed E-state index contributed by atoms with van der Waals surface area (Å²) >= 11 is 1.58. The van der Waals surface area contributed by atoms with Crippen molar-refractivity contribution < 1.29 is 36.9 Å². The molecule has 0 radical (unpaired) electrons. The normalized spacial score (nSPS) is 14.0. The van der Waals surface area contributed by atoms with Gasteiger partial charge in [0.05, 0.1) is 62.1 Å². The van der Waals surface area contributed by atoms with Crippen LogP contribution in [0.4, 0.5) is 19.1 Å². The number of H-pyrrole nitrogens is 1. The lowest BCUT2D eigenvalue weighted by molar-refractivity contribution is -0.131. The van der Waals surface area contributed by atoms with Crippen LogP contribution in [0.3, 0.4) is 0 Å². The molecule has 0 atom stereocenters. The van der Waals surface area contributed by atoms with Crippen molar-refractivity contribution in [2.45, 2.75) is 32.6 Å². The molecule has 0 aliphatic carbocycles. The second kappa shape index (κ2) is 21.2. The fourth-order valence-corrected chi connectivity index (χ4v) is 7.22. The summed E-state index contributed by atoms with van der Waals surface area (Å²) in [6.45, 7) is 11.1. The molecule has 1 fully saturated rings. The smallest absolute Gasteiger partial charge is 0.390 e. The molecular weight excluding hydrogens is 762 g/mol. The minimum atomic E-state index is -4.23. The van der Waals surface area contributed by atoms with Gasteiger partial charge < -0.3 is 34.6 Å². The summed E-state index contributed by atoms with van der Waals surface area (Å²) in [7, 11) is 0. The third-order valence-corrected chi connectivity index (χ3v) is 10.5. The minimum Gasteiger partial charge on any atom is -0.491 e. The number of carbonyl (C=O) groups excluding carboxylic acids is 1. The number of aromatic nitrogens is 4. The molecule has 1 amide bonds. The highest BCUT2D eigenvalue weighted by molar-refractivity contribution is 7.13. The number of hydrogen-bond donors (Lipinski definition) is 3. The molecule has 3 aromatic heterocycles. The van der Waals surface area contributed by atoms with Crippen molar-refractivity contribution in [1.29, 1.82) is 0 Å². The molecule has 0 unspecified atom stereocenters. The first-order valence-electron chi connectivity index (χ1n) is 19.0. The Bertz CT molecular complexity index is 1990. The van der Waals surface area contributed by atoms with E-state index in [1.807, 2.05) is 36.8 Å². The van der Waals surface area contributed by atoms with Crippen molar-refractivity contribution in [2.75, 3.05) is 90.8 Å². The average Bonchev–Trinajstić information content (AvgIpc) is 3.84. The number of amides is 1. The van der Waals surface area contributed by atoms with Crippen molar-refractivity contribution in [1.82, 2.24) is 35.1 Å². The molecule has 4 heterocycles. The van der Waals surface area contributed by atoms with Gasteiger partial charge in [-0.1, -0.05) is 36.4 Å². The number of fused-ring (bicyclic) bond motifs is 1. The number of halogens is 3. The molecule has 1 saturated heterocycles. The van der Waals surface area contributed by atoms with Gasteiger partial charge in [-0.2, -0.15) is 18.2 Å². The van der Waals surface area contributed by atoms with E-state index in [4.69, 9.17) is 18.9 Å². The maximum atomic E-state index is 12.5. The van der Waals surface area contributed by atoms with Crippen LogP contribution in [0, 0.1) is 6.92 Å². The topological polar surface area (TPSA) is 139 Å². The summed E-state index contributed by atoms with van der Waals surface area (Å²) in [5.74, 6) is 0.869. The minimum absolute atomic E-state index is 0.161. The van der Waals surface area contributed by atoms with E-state index in [1.54, 1.807) is 17.5 Å². The number of carbonyl (C=O) groups is 1. The molecule has 1 aliphatic rings. The summed E-state index contributed by atoms with van der Waals surface area (Å²) in [5.41, 5.74) is 8.46. The first-order chi connectivity index (χ1) is 27.8. The lowest BCUT2D eigenvalue weighted by Crippen LogP contribution is -2.46. The Morgan fingerprint density at radius 1 is 0.895 bits per heavy atom. The van der Waals surface area contributed by atoms with E-state index in [9.17, 15) is 18.0 Å².